The normalized spacial score (nSPS) is 11.3. The van der Waals surface area contributed by atoms with Crippen LogP contribution in [0.4, 0.5) is 0 Å². The Morgan fingerprint density at radius 3 is 2.77 bits per heavy atom. The quantitative estimate of drug-likeness (QED) is 0.643. The number of aromatic nitrogens is 2. The first kappa shape index (κ1) is 18.2. The number of carbonyl (C=O) groups excluding carboxylic acids is 1. The van der Waals surface area contributed by atoms with Crippen LogP contribution in [0.15, 0.2) is 54.7 Å². The molecule has 0 fully saturated rings. The van der Waals surface area contributed by atoms with Gasteiger partial charge in [-0.3, -0.25) is 9.20 Å². The van der Waals surface area contributed by atoms with E-state index in [0.29, 0.717) is 30.6 Å². The molecule has 6 heteroatoms. The summed E-state index contributed by atoms with van der Waals surface area (Å²) in [5, 5.41) is 3.23. The molecule has 0 unspecified atom stereocenters. The van der Waals surface area contributed by atoms with Crippen molar-refractivity contribution in [2.24, 2.45) is 0 Å². The second-order valence-electron chi connectivity index (χ2n) is 5.72. The first-order valence-electron chi connectivity index (χ1n) is 8.41. The lowest BCUT2D eigenvalue weighted by atomic mass is 10.1. The Hall–Kier alpha value is -2.63. The lowest BCUT2D eigenvalue weighted by Gasteiger charge is -2.05. The van der Waals surface area contributed by atoms with E-state index in [1.165, 1.54) is 6.08 Å². The molecule has 1 amide bonds. The van der Waals surface area contributed by atoms with E-state index in [1.807, 2.05) is 60.0 Å². The standard InChI is InChI=1S/C20H20ClN3O2/c1-2-26-14-16-8-6-15(7-9-16)13-22-19(25)11-10-17-20(21)23-18-5-3-4-12-24(17)18/h3-12H,2,13-14H2,1H3,(H,22,25)/b11-10+. The molecule has 0 atom stereocenters. The number of nitrogens with zero attached hydrogens (tertiary/aromatic N) is 2. The van der Waals surface area contributed by atoms with Gasteiger partial charge >= 0.3 is 0 Å². The number of hydrogen-bond acceptors (Lipinski definition) is 3. The van der Waals surface area contributed by atoms with Gasteiger partial charge < -0.3 is 10.1 Å². The maximum Gasteiger partial charge on any atom is 0.244 e. The van der Waals surface area contributed by atoms with E-state index in [-0.39, 0.29) is 5.91 Å². The van der Waals surface area contributed by atoms with Crippen molar-refractivity contribution < 1.29 is 9.53 Å². The number of benzene rings is 1. The van der Waals surface area contributed by atoms with Crippen LogP contribution in [0.1, 0.15) is 23.7 Å². The second-order valence-corrected chi connectivity index (χ2v) is 6.08. The predicted molar refractivity (Wildman–Crippen MR) is 103 cm³/mol. The van der Waals surface area contributed by atoms with Crippen LogP contribution < -0.4 is 5.32 Å². The van der Waals surface area contributed by atoms with Crippen molar-refractivity contribution in [1.29, 1.82) is 0 Å². The van der Waals surface area contributed by atoms with Gasteiger partial charge in [-0.05, 0) is 36.3 Å². The molecule has 134 valence electrons. The SMILES string of the molecule is CCOCc1ccc(CNC(=O)/C=C/c2c(Cl)nc3ccccn23)cc1. The summed E-state index contributed by atoms with van der Waals surface area (Å²) >= 11 is 6.15. The summed E-state index contributed by atoms with van der Waals surface area (Å²) in [6.45, 7) is 3.73. The van der Waals surface area contributed by atoms with Crippen molar-refractivity contribution in [3.05, 3.63) is 76.7 Å². The van der Waals surface area contributed by atoms with Crippen LogP contribution in [-0.2, 0) is 22.7 Å². The Morgan fingerprint density at radius 1 is 1.23 bits per heavy atom. The van der Waals surface area contributed by atoms with Gasteiger partial charge in [0.25, 0.3) is 0 Å². The minimum atomic E-state index is -0.189. The van der Waals surface area contributed by atoms with Crippen LogP contribution in [0.2, 0.25) is 5.15 Å². The van der Waals surface area contributed by atoms with Gasteiger partial charge in [-0.15, -0.1) is 0 Å². The van der Waals surface area contributed by atoms with E-state index in [4.69, 9.17) is 16.3 Å². The maximum absolute atomic E-state index is 12.1. The third kappa shape index (κ3) is 4.50. The fourth-order valence-corrected chi connectivity index (χ4v) is 2.75. The Kier molecular flexibility index (Phi) is 6.04. The summed E-state index contributed by atoms with van der Waals surface area (Å²) in [6.07, 6.45) is 4.99. The smallest absolute Gasteiger partial charge is 0.244 e. The number of nitrogens with one attached hydrogen (secondary N) is 1. The number of carbonyl (C=O) groups is 1. The van der Waals surface area contributed by atoms with Crippen LogP contribution >= 0.6 is 11.6 Å². The van der Waals surface area contributed by atoms with E-state index in [1.54, 1.807) is 6.08 Å². The third-order valence-electron chi connectivity index (χ3n) is 3.88. The van der Waals surface area contributed by atoms with Gasteiger partial charge in [-0.1, -0.05) is 41.9 Å². The van der Waals surface area contributed by atoms with Gasteiger partial charge in [0, 0.05) is 25.4 Å². The predicted octanol–water partition coefficient (Wildman–Crippen LogP) is 3.85. The molecule has 1 N–H and O–H groups in total. The Bertz CT molecular complexity index is 916. The van der Waals surface area contributed by atoms with Crippen LogP contribution in [0, 0.1) is 0 Å². The zero-order valence-corrected chi connectivity index (χ0v) is 15.2. The fourth-order valence-electron chi connectivity index (χ4n) is 2.51. The Morgan fingerprint density at radius 2 is 2.00 bits per heavy atom. The van der Waals surface area contributed by atoms with Gasteiger partial charge in [0.15, 0.2) is 5.15 Å². The van der Waals surface area contributed by atoms with Gasteiger partial charge in [0.05, 0.1) is 12.3 Å². The number of amides is 1. The third-order valence-corrected chi connectivity index (χ3v) is 4.16. The summed E-state index contributed by atoms with van der Waals surface area (Å²) in [5.74, 6) is -0.189. The first-order chi connectivity index (χ1) is 12.7. The number of halogens is 1. The molecule has 2 aromatic heterocycles. The summed E-state index contributed by atoms with van der Waals surface area (Å²) in [7, 11) is 0. The van der Waals surface area contributed by atoms with E-state index in [9.17, 15) is 4.79 Å². The van der Waals surface area contributed by atoms with Crippen molar-refractivity contribution >= 4 is 29.2 Å². The van der Waals surface area contributed by atoms with E-state index in [2.05, 4.69) is 10.3 Å². The van der Waals surface area contributed by atoms with E-state index in [0.717, 1.165) is 16.8 Å². The molecule has 0 aliphatic heterocycles. The van der Waals surface area contributed by atoms with Crippen molar-refractivity contribution in [1.82, 2.24) is 14.7 Å². The Balaban J connectivity index is 1.58. The monoisotopic (exact) mass is 369 g/mol. The van der Waals surface area contributed by atoms with Crippen LogP contribution in [0.3, 0.4) is 0 Å². The average Bonchev–Trinajstić information content (AvgIpc) is 2.99. The fraction of sp³-hybridized carbons (Fsp3) is 0.200. The molecule has 26 heavy (non-hydrogen) atoms. The van der Waals surface area contributed by atoms with Crippen molar-refractivity contribution in [3.8, 4) is 0 Å². The largest absolute Gasteiger partial charge is 0.377 e. The number of imidazole rings is 1. The van der Waals surface area contributed by atoms with Crippen molar-refractivity contribution in [2.45, 2.75) is 20.1 Å². The minimum Gasteiger partial charge on any atom is -0.377 e. The zero-order valence-electron chi connectivity index (χ0n) is 14.5. The van der Waals surface area contributed by atoms with Crippen LogP contribution in [-0.4, -0.2) is 21.9 Å². The summed E-state index contributed by atoms with van der Waals surface area (Å²) in [5.41, 5.74) is 3.56. The van der Waals surface area contributed by atoms with Gasteiger partial charge in [0.1, 0.15) is 5.65 Å². The highest BCUT2D eigenvalue weighted by atomic mass is 35.5. The molecule has 0 spiro atoms. The molecule has 0 aliphatic rings. The molecule has 2 heterocycles. The van der Waals surface area contributed by atoms with E-state index < -0.39 is 0 Å². The van der Waals surface area contributed by atoms with Crippen LogP contribution in [0.25, 0.3) is 11.7 Å². The molecule has 5 nitrogen and oxygen atoms in total. The zero-order chi connectivity index (χ0) is 18.4. The molecular formula is C20H20ClN3O2. The topological polar surface area (TPSA) is 55.6 Å². The second kappa shape index (κ2) is 8.65. The lowest BCUT2D eigenvalue weighted by molar-refractivity contribution is -0.116. The number of pyridine rings is 1. The molecule has 3 aromatic rings. The molecule has 3 rings (SSSR count). The van der Waals surface area contributed by atoms with Gasteiger partial charge in [-0.25, -0.2) is 4.98 Å². The highest BCUT2D eigenvalue weighted by Crippen LogP contribution is 2.18. The van der Waals surface area contributed by atoms with Gasteiger partial charge in [-0.2, -0.15) is 0 Å². The summed E-state index contributed by atoms with van der Waals surface area (Å²) in [4.78, 5) is 16.3. The maximum atomic E-state index is 12.1. The van der Waals surface area contributed by atoms with Crippen molar-refractivity contribution in [2.75, 3.05) is 6.61 Å². The first-order valence-corrected chi connectivity index (χ1v) is 8.79. The minimum absolute atomic E-state index is 0.189. The number of hydrogen-bond donors (Lipinski definition) is 1. The van der Waals surface area contributed by atoms with Crippen LogP contribution in [0.5, 0.6) is 0 Å². The molecule has 0 saturated heterocycles. The van der Waals surface area contributed by atoms with E-state index >= 15 is 0 Å². The molecule has 0 saturated carbocycles. The molecule has 0 bridgehead atoms. The molecule has 1 aromatic carbocycles. The lowest BCUT2D eigenvalue weighted by Crippen LogP contribution is -2.20. The Labute approximate surface area is 157 Å². The molecule has 0 aliphatic carbocycles. The highest BCUT2D eigenvalue weighted by Gasteiger charge is 2.07. The van der Waals surface area contributed by atoms with Gasteiger partial charge in [0.2, 0.25) is 5.91 Å². The highest BCUT2D eigenvalue weighted by molar-refractivity contribution is 6.31. The molecular weight excluding hydrogens is 350 g/mol. The summed E-state index contributed by atoms with van der Waals surface area (Å²) in [6, 6.07) is 13.6. The number of fused-ring (bicyclic) bond motifs is 1. The average molecular weight is 370 g/mol. The molecule has 0 radical (unpaired) electrons. The number of ether oxygens (including phenoxy) is 1. The van der Waals surface area contributed by atoms with Crippen molar-refractivity contribution in [3.63, 3.8) is 0 Å². The summed E-state index contributed by atoms with van der Waals surface area (Å²) < 4.78 is 7.20. The number of rotatable bonds is 7.